The molecule has 1 atom stereocenters. The molecule has 0 bridgehead atoms. The molecule has 1 aromatic rings. The van der Waals surface area contributed by atoms with Crippen molar-refractivity contribution in [3.05, 3.63) is 54.3 Å². The second-order valence-corrected chi connectivity index (χ2v) is 9.99. The lowest BCUT2D eigenvalue weighted by Gasteiger charge is -2.41. The second kappa shape index (κ2) is 8.97. The van der Waals surface area contributed by atoms with Gasteiger partial charge in [0.05, 0.1) is 24.5 Å². The summed E-state index contributed by atoms with van der Waals surface area (Å²) < 4.78 is 32.1. The van der Waals surface area contributed by atoms with E-state index in [4.69, 9.17) is 4.74 Å². The quantitative estimate of drug-likeness (QED) is 0.677. The maximum atomic E-state index is 13.0. The highest BCUT2D eigenvalue weighted by Crippen LogP contribution is 2.28. The first-order chi connectivity index (χ1) is 15.3. The van der Waals surface area contributed by atoms with E-state index >= 15 is 0 Å². The molecule has 1 fully saturated rings. The number of benzene rings is 1. The molecule has 0 aliphatic carbocycles. The zero-order valence-electron chi connectivity index (χ0n) is 17.9. The van der Waals surface area contributed by atoms with Gasteiger partial charge in [0.2, 0.25) is 15.9 Å². The van der Waals surface area contributed by atoms with E-state index in [0.717, 1.165) is 5.56 Å². The molecule has 1 aromatic carbocycles. The molecule has 0 radical (unpaired) electrons. The smallest absolute Gasteiger partial charge is 0.250 e. The first-order valence-corrected chi connectivity index (χ1v) is 12.0. The van der Waals surface area contributed by atoms with Crippen molar-refractivity contribution in [3.8, 4) is 0 Å². The number of carbonyl (C=O) groups is 2. The number of aliphatic imine (C=N–C) groups is 1. The number of hydrogen-bond donors (Lipinski definition) is 1. The monoisotopic (exact) mass is 458 g/mol. The predicted octanol–water partition coefficient (Wildman–Crippen LogP) is 0.839. The number of hydrogen-bond acceptors (Lipinski definition) is 6. The fourth-order valence-corrected chi connectivity index (χ4v) is 5.36. The van der Waals surface area contributed by atoms with Crippen LogP contribution in [0.25, 0.3) is 0 Å². The van der Waals surface area contributed by atoms with Gasteiger partial charge in [-0.1, -0.05) is 18.2 Å². The molecular formula is C22H26N4O5S. The number of fused-ring (bicyclic) bond motifs is 1. The van der Waals surface area contributed by atoms with Crippen LogP contribution in [-0.4, -0.2) is 73.7 Å². The molecule has 3 aliphatic rings. The lowest BCUT2D eigenvalue weighted by atomic mass is 9.91. The van der Waals surface area contributed by atoms with Gasteiger partial charge in [-0.05, 0) is 43.2 Å². The van der Waals surface area contributed by atoms with Crippen molar-refractivity contribution in [1.82, 2.24) is 14.5 Å². The van der Waals surface area contributed by atoms with Crippen LogP contribution >= 0.6 is 0 Å². The standard InChI is InChI=1S/C22H26N4O5S/c1-22(16-20(27)24-19-4-2-3-11-26(19)22)21(28)23-10-9-17-5-7-18(8-6-17)32(29,30)25-12-14-31-15-13-25/h2-8,11H,9-10,12-16H2,1H3,(H,23,28). The SMILES string of the molecule is CC1(C(=O)NCCc2ccc(S(=O)(=O)N3CCOCC3)cc2)CC(=O)N=C2C=CC=CN21. The molecule has 1 N–H and O–H groups in total. The highest BCUT2D eigenvalue weighted by atomic mass is 32.2. The van der Waals surface area contributed by atoms with Crippen molar-refractivity contribution >= 4 is 27.7 Å². The largest absolute Gasteiger partial charge is 0.379 e. The maximum Gasteiger partial charge on any atom is 0.250 e. The van der Waals surface area contributed by atoms with Gasteiger partial charge in [0.15, 0.2) is 0 Å². The normalized spacial score (nSPS) is 23.6. The van der Waals surface area contributed by atoms with Crippen LogP contribution < -0.4 is 5.32 Å². The number of carbonyl (C=O) groups excluding carboxylic acids is 2. The van der Waals surface area contributed by atoms with Gasteiger partial charge in [-0.15, -0.1) is 0 Å². The average Bonchev–Trinajstić information content (AvgIpc) is 2.80. The molecule has 10 heteroatoms. The Morgan fingerprint density at radius 1 is 1.19 bits per heavy atom. The molecule has 32 heavy (non-hydrogen) atoms. The van der Waals surface area contributed by atoms with Crippen LogP contribution in [0.5, 0.6) is 0 Å². The predicted molar refractivity (Wildman–Crippen MR) is 118 cm³/mol. The van der Waals surface area contributed by atoms with Gasteiger partial charge in [0, 0.05) is 25.8 Å². The first kappa shape index (κ1) is 22.4. The molecule has 0 spiro atoms. The van der Waals surface area contributed by atoms with E-state index in [1.54, 1.807) is 60.5 Å². The molecule has 1 saturated heterocycles. The van der Waals surface area contributed by atoms with Crippen LogP contribution in [0.15, 0.2) is 58.6 Å². The minimum atomic E-state index is -3.53. The van der Waals surface area contributed by atoms with E-state index in [1.807, 2.05) is 0 Å². The van der Waals surface area contributed by atoms with Crippen molar-refractivity contribution in [1.29, 1.82) is 0 Å². The summed E-state index contributed by atoms with van der Waals surface area (Å²) in [6.45, 7) is 3.59. The lowest BCUT2D eigenvalue weighted by molar-refractivity contribution is -0.134. The number of allylic oxidation sites excluding steroid dienone is 2. The highest BCUT2D eigenvalue weighted by molar-refractivity contribution is 7.89. The minimum Gasteiger partial charge on any atom is -0.379 e. The highest BCUT2D eigenvalue weighted by Gasteiger charge is 2.44. The van der Waals surface area contributed by atoms with Crippen LogP contribution in [0.4, 0.5) is 0 Å². The molecule has 9 nitrogen and oxygen atoms in total. The summed E-state index contributed by atoms with van der Waals surface area (Å²) in [7, 11) is -3.53. The number of rotatable bonds is 6. The van der Waals surface area contributed by atoms with Gasteiger partial charge in [-0.25, -0.2) is 8.42 Å². The van der Waals surface area contributed by atoms with E-state index in [-0.39, 0.29) is 23.1 Å². The van der Waals surface area contributed by atoms with Crippen LogP contribution in [0.1, 0.15) is 18.9 Å². The summed E-state index contributed by atoms with van der Waals surface area (Å²) in [4.78, 5) is 31.0. The minimum absolute atomic E-state index is 0.00535. The molecule has 0 saturated carbocycles. The second-order valence-electron chi connectivity index (χ2n) is 8.05. The van der Waals surface area contributed by atoms with Gasteiger partial charge in [0.25, 0.3) is 5.91 Å². The summed E-state index contributed by atoms with van der Waals surface area (Å²) in [6, 6.07) is 6.70. The van der Waals surface area contributed by atoms with E-state index in [0.29, 0.717) is 45.1 Å². The summed E-state index contributed by atoms with van der Waals surface area (Å²) in [5.41, 5.74) is -0.148. The number of ether oxygens (including phenoxy) is 1. The Morgan fingerprint density at radius 3 is 2.62 bits per heavy atom. The van der Waals surface area contributed by atoms with Crippen LogP contribution in [0.3, 0.4) is 0 Å². The molecule has 3 aliphatic heterocycles. The Bertz CT molecular complexity index is 1090. The topological polar surface area (TPSA) is 108 Å². The third-order valence-corrected chi connectivity index (χ3v) is 7.74. The number of amidine groups is 1. The van der Waals surface area contributed by atoms with Crippen molar-refractivity contribution in [2.45, 2.75) is 30.2 Å². The van der Waals surface area contributed by atoms with E-state index < -0.39 is 15.6 Å². The Balaban J connectivity index is 1.36. The Hall–Kier alpha value is -2.82. The third kappa shape index (κ3) is 4.38. The summed E-state index contributed by atoms with van der Waals surface area (Å²) in [5, 5.41) is 2.91. The van der Waals surface area contributed by atoms with Crippen molar-refractivity contribution < 1.29 is 22.7 Å². The van der Waals surface area contributed by atoms with Gasteiger partial charge >= 0.3 is 0 Å². The van der Waals surface area contributed by atoms with Gasteiger partial charge < -0.3 is 15.0 Å². The number of morpholine rings is 1. The summed E-state index contributed by atoms with van der Waals surface area (Å²) in [6.07, 6.45) is 7.55. The first-order valence-electron chi connectivity index (χ1n) is 10.5. The Kier molecular flexibility index (Phi) is 6.27. The molecule has 4 rings (SSSR count). The van der Waals surface area contributed by atoms with Gasteiger partial charge in [-0.2, -0.15) is 9.30 Å². The fourth-order valence-electron chi connectivity index (χ4n) is 3.95. The summed E-state index contributed by atoms with van der Waals surface area (Å²) >= 11 is 0. The Labute approximate surface area is 187 Å². The zero-order valence-corrected chi connectivity index (χ0v) is 18.7. The Morgan fingerprint density at radius 2 is 1.91 bits per heavy atom. The molecule has 1 unspecified atom stereocenters. The van der Waals surface area contributed by atoms with E-state index in [2.05, 4.69) is 10.3 Å². The third-order valence-electron chi connectivity index (χ3n) is 5.82. The van der Waals surface area contributed by atoms with Crippen molar-refractivity contribution in [2.24, 2.45) is 4.99 Å². The molecular weight excluding hydrogens is 432 g/mol. The molecule has 3 heterocycles. The van der Waals surface area contributed by atoms with Crippen molar-refractivity contribution in [3.63, 3.8) is 0 Å². The van der Waals surface area contributed by atoms with Gasteiger partial charge in [-0.3, -0.25) is 9.59 Å². The van der Waals surface area contributed by atoms with E-state index in [9.17, 15) is 18.0 Å². The summed E-state index contributed by atoms with van der Waals surface area (Å²) in [5.74, 6) is -0.130. The molecule has 0 aromatic heterocycles. The average molecular weight is 459 g/mol. The van der Waals surface area contributed by atoms with Crippen LogP contribution in [-0.2, 0) is 30.8 Å². The van der Waals surface area contributed by atoms with Crippen LogP contribution in [0, 0.1) is 0 Å². The van der Waals surface area contributed by atoms with Gasteiger partial charge in [0.1, 0.15) is 11.4 Å². The van der Waals surface area contributed by atoms with Crippen LogP contribution in [0.2, 0.25) is 0 Å². The molecule has 2 amide bonds. The number of sulfonamides is 1. The maximum absolute atomic E-state index is 13.0. The lowest BCUT2D eigenvalue weighted by Crippen LogP contribution is -2.60. The zero-order chi connectivity index (χ0) is 22.8. The molecule has 170 valence electrons. The fraction of sp³-hybridized carbons (Fsp3) is 0.409. The van der Waals surface area contributed by atoms with Crippen molar-refractivity contribution in [2.75, 3.05) is 32.8 Å². The number of nitrogens with zero attached hydrogens (tertiary/aromatic N) is 3. The number of nitrogens with one attached hydrogen (secondary N) is 1. The van der Waals surface area contributed by atoms with E-state index in [1.165, 1.54) is 4.31 Å². The number of amides is 2.